The van der Waals surface area contributed by atoms with Crippen LogP contribution in [0.2, 0.25) is 5.02 Å². The van der Waals surface area contributed by atoms with E-state index in [2.05, 4.69) is 58.4 Å². The summed E-state index contributed by atoms with van der Waals surface area (Å²) in [6, 6.07) is 15.7. The van der Waals surface area contributed by atoms with Gasteiger partial charge in [0, 0.05) is 36.7 Å². The zero-order valence-corrected chi connectivity index (χ0v) is 29.3. The Morgan fingerprint density at radius 1 is 1.10 bits per heavy atom. The number of likely N-dealkylation sites (N-methyl/N-ethyl adjacent to an activating group) is 1. The van der Waals surface area contributed by atoms with Crippen LogP contribution >= 0.6 is 11.6 Å². The minimum Gasteiger partial charge on any atom is -0.491 e. The number of nitrogens with zero attached hydrogens (tertiary/aromatic N) is 6. The first-order valence-electron chi connectivity index (χ1n) is 16.7. The van der Waals surface area contributed by atoms with Crippen LogP contribution in [0, 0.1) is 0 Å². The highest BCUT2D eigenvalue weighted by molar-refractivity contribution is 6.32. The highest BCUT2D eigenvalue weighted by Crippen LogP contribution is 2.39. The summed E-state index contributed by atoms with van der Waals surface area (Å²) in [6.07, 6.45) is 3.44. The van der Waals surface area contributed by atoms with Gasteiger partial charge in [-0.15, -0.1) is 5.10 Å². The summed E-state index contributed by atoms with van der Waals surface area (Å²) in [4.78, 5) is 22.5. The lowest BCUT2D eigenvalue weighted by Gasteiger charge is -2.31. The summed E-state index contributed by atoms with van der Waals surface area (Å²) in [6.45, 7) is 10.7. The Morgan fingerprint density at radius 2 is 1.90 bits per heavy atom. The fraction of sp³-hybridized carbons (Fsp3) is 0.486. The van der Waals surface area contributed by atoms with E-state index in [9.17, 15) is 4.79 Å². The van der Waals surface area contributed by atoms with Gasteiger partial charge in [-0.05, 0) is 70.0 Å². The highest BCUT2D eigenvalue weighted by atomic mass is 35.5. The molecule has 3 N–H and O–H groups in total. The number of nitrogens with one attached hydrogen (secondary N) is 3. The molecular formula is C35H46ClN9O3. The Bertz CT molecular complexity index is 1730. The SMILES string of the molecule is C[C@H]1CCCN1c1nc(O[C@@H]2CC[C@H](NC(=O)Nc3cc(C(C)(C)C)nn3-c3ccc(Cl)c(OCCN(C)C)c3)c3ccccc32)n[nH]1. The minimum absolute atomic E-state index is 0.208. The number of carbonyl (C=O) groups excluding carboxylic acids is 1. The van der Waals surface area contributed by atoms with E-state index >= 15 is 0 Å². The number of hydrogen-bond donors (Lipinski definition) is 3. The molecule has 2 aliphatic rings. The molecule has 2 amide bonds. The molecule has 256 valence electrons. The van der Waals surface area contributed by atoms with Crippen molar-refractivity contribution in [1.29, 1.82) is 0 Å². The molecule has 0 spiro atoms. The van der Waals surface area contributed by atoms with Crippen molar-refractivity contribution in [2.75, 3.05) is 44.0 Å². The van der Waals surface area contributed by atoms with Crippen LogP contribution in [0.15, 0.2) is 48.5 Å². The van der Waals surface area contributed by atoms with Gasteiger partial charge in [-0.2, -0.15) is 10.1 Å². The maximum absolute atomic E-state index is 13.6. The summed E-state index contributed by atoms with van der Waals surface area (Å²) in [7, 11) is 3.98. The highest BCUT2D eigenvalue weighted by Gasteiger charge is 2.31. The number of halogens is 1. The van der Waals surface area contributed by atoms with Crippen LogP contribution in [0.4, 0.5) is 16.6 Å². The third-order valence-electron chi connectivity index (χ3n) is 8.94. The summed E-state index contributed by atoms with van der Waals surface area (Å²) >= 11 is 6.47. The van der Waals surface area contributed by atoms with Crippen molar-refractivity contribution in [3.8, 4) is 17.4 Å². The number of aromatic amines is 1. The summed E-state index contributed by atoms with van der Waals surface area (Å²) in [5.41, 5.74) is 3.33. The third kappa shape index (κ3) is 7.55. The van der Waals surface area contributed by atoms with Crippen LogP contribution in [0.3, 0.4) is 0 Å². The second-order valence-corrected chi connectivity index (χ2v) is 14.3. The number of ether oxygens (including phenoxy) is 2. The lowest BCUT2D eigenvalue weighted by atomic mass is 9.85. The van der Waals surface area contributed by atoms with Gasteiger partial charge in [0.15, 0.2) is 0 Å². The molecule has 1 aliphatic carbocycles. The monoisotopic (exact) mass is 675 g/mol. The third-order valence-corrected chi connectivity index (χ3v) is 9.25. The molecule has 6 rings (SSSR count). The predicted molar refractivity (Wildman–Crippen MR) is 188 cm³/mol. The molecule has 1 saturated heterocycles. The van der Waals surface area contributed by atoms with Gasteiger partial charge in [0.2, 0.25) is 5.95 Å². The number of anilines is 2. The van der Waals surface area contributed by atoms with Gasteiger partial charge in [-0.25, -0.2) is 14.6 Å². The van der Waals surface area contributed by atoms with Crippen LogP contribution in [-0.2, 0) is 5.41 Å². The minimum atomic E-state index is -0.328. The number of carbonyl (C=O) groups is 1. The lowest BCUT2D eigenvalue weighted by molar-refractivity contribution is 0.159. The number of rotatable bonds is 10. The van der Waals surface area contributed by atoms with Crippen molar-refractivity contribution in [3.63, 3.8) is 0 Å². The van der Waals surface area contributed by atoms with E-state index in [0.717, 1.165) is 54.4 Å². The first-order valence-corrected chi connectivity index (χ1v) is 17.0. The van der Waals surface area contributed by atoms with Gasteiger partial charge in [0.05, 0.1) is 22.4 Å². The average Bonchev–Trinajstić information content (AvgIpc) is 3.79. The fourth-order valence-corrected chi connectivity index (χ4v) is 6.41. The van der Waals surface area contributed by atoms with E-state index in [1.165, 1.54) is 0 Å². The Hall–Kier alpha value is -4.29. The Balaban J connectivity index is 1.17. The van der Waals surface area contributed by atoms with E-state index in [1.807, 2.05) is 61.5 Å². The molecule has 1 fully saturated rings. The van der Waals surface area contributed by atoms with Gasteiger partial charge < -0.3 is 24.6 Å². The standard InChI is InChI=1S/C35H46ClN9O3/c1-22-10-9-17-44(22)32-39-34(41-40-32)48-28-16-15-27(24-11-7-8-12-25(24)28)37-33(46)38-31-21-30(35(2,3)4)42-45(31)23-13-14-26(36)29(20-23)47-19-18-43(5)6/h7-8,11-14,20-22,27-28H,9-10,15-19H2,1-6H3,(H2,37,38,46)(H,39,40,41)/t22-,27-,28+/m0/s1. The zero-order valence-electron chi connectivity index (χ0n) is 28.6. The molecule has 0 bridgehead atoms. The van der Waals surface area contributed by atoms with E-state index in [1.54, 1.807) is 10.7 Å². The van der Waals surface area contributed by atoms with Crippen LogP contribution in [0.5, 0.6) is 11.8 Å². The van der Waals surface area contributed by atoms with Gasteiger partial charge >= 0.3 is 12.0 Å². The van der Waals surface area contributed by atoms with Crippen molar-refractivity contribution in [2.45, 2.75) is 77.0 Å². The van der Waals surface area contributed by atoms with Crippen molar-refractivity contribution in [1.82, 2.24) is 35.2 Å². The van der Waals surface area contributed by atoms with Crippen molar-refractivity contribution >= 4 is 29.4 Å². The molecule has 2 aromatic heterocycles. The average molecular weight is 676 g/mol. The number of amides is 2. The Morgan fingerprint density at radius 3 is 2.62 bits per heavy atom. The number of urea groups is 1. The maximum Gasteiger partial charge on any atom is 0.337 e. The fourth-order valence-electron chi connectivity index (χ4n) is 6.23. The Labute approximate surface area is 287 Å². The van der Waals surface area contributed by atoms with Gasteiger partial charge in [-0.3, -0.25) is 5.32 Å². The van der Waals surface area contributed by atoms with Crippen LogP contribution in [0.25, 0.3) is 5.69 Å². The topological polar surface area (TPSA) is 125 Å². The van der Waals surface area contributed by atoms with Crippen molar-refractivity contribution in [3.05, 3.63) is 70.4 Å². The molecular weight excluding hydrogens is 630 g/mol. The molecule has 0 saturated carbocycles. The molecule has 12 nitrogen and oxygen atoms in total. The molecule has 3 heterocycles. The molecule has 48 heavy (non-hydrogen) atoms. The van der Waals surface area contributed by atoms with Crippen LogP contribution in [-0.4, -0.2) is 75.7 Å². The first-order chi connectivity index (χ1) is 23.0. The molecule has 0 radical (unpaired) electrons. The number of fused-ring (bicyclic) bond motifs is 1. The van der Waals surface area contributed by atoms with Gasteiger partial charge in [0.25, 0.3) is 0 Å². The maximum atomic E-state index is 13.6. The number of benzene rings is 2. The summed E-state index contributed by atoms with van der Waals surface area (Å²) in [5.74, 6) is 1.84. The van der Waals surface area contributed by atoms with E-state index < -0.39 is 0 Å². The zero-order chi connectivity index (χ0) is 34.0. The normalized spacial score (nSPS) is 19.3. The predicted octanol–water partition coefficient (Wildman–Crippen LogP) is 6.65. The lowest BCUT2D eigenvalue weighted by Crippen LogP contribution is -2.36. The number of hydrogen-bond acceptors (Lipinski definition) is 8. The van der Waals surface area contributed by atoms with E-state index in [0.29, 0.717) is 48.1 Å². The molecule has 13 heteroatoms. The largest absolute Gasteiger partial charge is 0.491 e. The second kappa shape index (κ2) is 14.1. The first kappa shape index (κ1) is 33.6. The molecule has 2 aromatic carbocycles. The molecule has 4 aromatic rings. The number of H-pyrrole nitrogens is 1. The molecule has 1 aliphatic heterocycles. The smallest absolute Gasteiger partial charge is 0.337 e. The van der Waals surface area contributed by atoms with Crippen molar-refractivity contribution < 1.29 is 14.3 Å². The molecule has 3 atom stereocenters. The van der Waals surface area contributed by atoms with Crippen LogP contribution < -0.4 is 25.0 Å². The van der Waals surface area contributed by atoms with Crippen LogP contribution in [0.1, 0.15) is 82.3 Å². The molecule has 0 unspecified atom stereocenters. The van der Waals surface area contributed by atoms with Gasteiger partial charge in [-0.1, -0.05) is 56.6 Å². The second-order valence-electron chi connectivity index (χ2n) is 13.9. The summed E-state index contributed by atoms with van der Waals surface area (Å²) in [5, 5.41) is 19.1. The number of aromatic nitrogens is 5. The summed E-state index contributed by atoms with van der Waals surface area (Å²) < 4.78 is 14.0. The van der Waals surface area contributed by atoms with Crippen molar-refractivity contribution in [2.24, 2.45) is 0 Å². The van der Waals surface area contributed by atoms with Gasteiger partial charge in [0.1, 0.15) is 24.3 Å². The quantitative estimate of drug-likeness (QED) is 0.171. The van der Waals surface area contributed by atoms with E-state index in [-0.39, 0.29) is 23.6 Å². The van der Waals surface area contributed by atoms with E-state index in [4.69, 9.17) is 26.2 Å². The Kier molecular flexibility index (Phi) is 9.84.